The maximum atomic E-state index is 9.63. The predicted molar refractivity (Wildman–Crippen MR) is 54.4 cm³/mol. The lowest BCUT2D eigenvalue weighted by atomic mass is 10.0. The average molecular weight is 190 g/mol. The van der Waals surface area contributed by atoms with Gasteiger partial charge >= 0.3 is 0 Å². The molecule has 0 aromatic rings. The number of quaternary nitrogens is 1. The van der Waals surface area contributed by atoms with Crippen LogP contribution in [-0.4, -0.2) is 55.1 Å². The fraction of sp³-hybridized carbons (Fsp3) is 1.00. The van der Waals surface area contributed by atoms with E-state index in [0.29, 0.717) is 5.92 Å². The third-order valence-electron chi connectivity index (χ3n) is 2.06. The number of hydrogen-bond acceptors (Lipinski definition) is 2. The minimum atomic E-state index is -0.242. The van der Waals surface area contributed by atoms with Gasteiger partial charge in [-0.1, -0.05) is 6.92 Å². The molecular formula is C10H24NO2+. The van der Waals surface area contributed by atoms with Crippen LogP contribution in [0, 0.1) is 5.92 Å². The zero-order valence-corrected chi connectivity index (χ0v) is 9.32. The Balaban J connectivity index is 3.57. The van der Waals surface area contributed by atoms with Crippen LogP contribution in [0.4, 0.5) is 0 Å². The Hall–Kier alpha value is -0.120. The van der Waals surface area contributed by atoms with Crippen molar-refractivity contribution >= 4 is 0 Å². The maximum Gasteiger partial charge on any atom is 0.104 e. The molecule has 0 amide bonds. The fourth-order valence-electron chi connectivity index (χ4n) is 1.29. The van der Waals surface area contributed by atoms with Crippen molar-refractivity contribution in [3.63, 3.8) is 0 Å². The number of likely N-dealkylation sites (N-methyl/N-ethyl adjacent to an activating group) is 1. The summed E-state index contributed by atoms with van der Waals surface area (Å²) in [6, 6.07) is 0. The molecule has 0 saturated carbocycles. The molecule has 80 valence electrons. The summed E-state index contributed by atoms with van der Waals surface area (Å²) in [6.07, 6.45) is 1.45. The summed E-state index contributed by atoms with van der Waals surface area (Å²) in [5.41, 5.74) is 0. The molecule has 0 aromatic carbocycles. The SMILES string of the molecule is CC(CO)CCC(O)C[N+](C)(C)C. The van der Waals surface area contributed by atoms with Crippen LogP contribution in [0.2, 0.25) is 0 Å². The van der Waals surface area contributed by atoms with Crippen molar-refractivity contribution < 1.29 is 14.7 Å². The first kappa shape index (κ1) is 12.9. The molecule has 3 heteroatoms. The zero-order valence-electron chi connectivity index (χ0n) is 9.32. The van der Waals surface area contributed by atoms with Gasteiger partial charge in [0.25, 0.3) is 0 Å². The van der Waals surface area contributed by atoms with E-state index < -0.39 is 0 Å². The topological polar surface area (TPSA) is 40.5 Å². The highest BCUT2D eigenvalue weighted by Crippen LogP contribution is 2.08. The highest BCUT2D eigenvalue weighted by Gasteiger charge is 2.15. The molecule has 0 bridgehead atoms. The molecule has 2 atom stereocenters. The standard InChI is InChI=1S/C10H24NO2/c1-9(8-12)5-6-10(13)7-11(2,3)4/h9-10,12-13H,5-8H2,1-4H3/q+1. The van der Waals surface area contributed by atoms with Gasteiger partial charge in [-0.3, -0.25) is 0 Å². The van der Waals surface area contributed by atoms with E-state index in [1.165, 1.54) is 0 Å². The van der Waals surface area contributed by atoms with Gasteiger partial charge < -0.3 is 14.7 Å². The minimum Gasteiger partial charge on any atom is -0.396 e. The van der Waals surface area contributed by atoms with Crippen molar-refractivity contribution in [3.05, 3.63) is 0 Å². The first-order valence-corrected chi connectivity index (χ1v) is 4.94. The molecule has 2 N–H and O–H groups in total. The van der Waals surface area contributed by atoms with Crippen molar-refractivity contribution in [3.8, 4) is 0 Å². The highest BCUT2D eigenvalue weighted by molar-refractivity contribution is 4.58. The summed E-state index contributed by atoms with van der Waals surface area (Å²) in [5, 5.41) is 18.4. The van der Waals surface area contributed by atoms with Gasteiger partial charge in [-0.2, -0.15) is 0 Å². The summed E-state index contributed by atoms with van der Waals surface area (Å²) >= 11 is 0. The van der Waals surface area contributed by atoms with Crippen LogP contribution in [-0.2, 0) is 0 Å². The van der Waals surface area contributed by atoms with Crippen molar-refractivity contribution in [2.24, 2.45) is 5.92 Å². The van der Waals surface area contributed by atoms with Crippen LogP contribution in [0.15, 0.2) is 0 Å². The number of nitrogens with zero attached hydrogens (tertiary/aromatic N) is 1. The van der Waals surface area contributed by atoms with Gasteiger partial charge in [0.1, 0.15) is 12.6 Å². The molecule has 0 radical (unpaired) electrons. The molecule has 0 rings (SSSR count). The number of aliphatic hydroxyl groups is 2. The summed E-state index contributed by atoms with van der Waals surface area (Å²) < 4.78 is 0.786. The van der Waals surface area contributed by atoms with Gasteiger partial charge in [-0.15, -0.1) is 0 Å². The Labute approximate surface area is 81.6 Å². The van der Waals surface area contributed by atoms with Crippen LogP contribution in [0.3, 0.4) is 0 Å². The lowest BCUT2D eigenvalue weighted by molar-refractivity contribution is -0.873. The molecule has 0 fully saturated rings. The van der Waals surface area contributed by atoms with Gasteiger partial charge in [0.2, 0.25) is 0 Å². The van der Waals surface area contributed by atoms with Gasteiger partial charge in [-0.05, 0) is 18.8 Å². The average Bonchev–Trinajstić information content (AvgIpc) is 1.97. The van der Waals surface area contributed by atoms with E-state index in [2.05, 4.69) is 21.1 Å². The molecule has 0 saturated heterocycles. The molecule has 3 nitrogen and oxygen atoms in total. The van der Waals surface area contributed by atoms with Crippen LogP contribution in [0.25, 0.3) is 0 Å². The first-order chi connectivity index (χ1) is 5.85. The summed E-state index contributed by atoms with van der Waals surface area (Å²) in [6.45, 7) is 2.99. The van der Waals surface area contributed by atoms with Crippen LogP contribution in [0.5, 0.6) is 0 Å². The largest absolute Gasteiger partial charge is 0.396 e. The third kappa shape index (κ3) is 8.22. The van der Waals surface area contributed by atoms with Gasteiger partial charge in [0.05, 0.1) is 21.1 Å². The van der Waals surface area contributed by atoms with E-state index in [1.807, 2.05) is 6.92 Å². The van der Waals surface area contributed by atoms with E-state index in [-0.39, 0.29) is 12.7 Å². The smallest absolute Gasteiger partial charge is 0.104 e. The lowest BCUT2D eigenvalue weighted by Crippen LogP contribution is -2.41. The van der Waals surface area contributed by atoms with Gasteiger partial charge in [0.15, 0.2) is 0 Å². The second kappa shape index (κ2) is 5.58. The van der Waals surface area contributed by atoms with Crippen molar-refractivity contribution in [2.45, 2.75) is 25.9 Å². The molecule has 13 heavy (non-hydrogen) atoms. The van der Waals surface area contributed by atoms with E-state index in [9.17, 15) is 5.11 Å². The summed E-state index contributed by atoms with van der Waals surface area (Å²) in [5.74, 6) is 0.308. The lowest BCUT2D eigenvalue weighted by Gasteiger charge is -2.27. The maximum absolute atomic E-state index is 9.63. The Morgan fingerprint density at radius 2 is 1.69 bits per heavy atom. The number of rotatable bonds is 6. The number of hydrogen-bond donors (Lipinski definition) is 2. The Kier molecular flexibility index (Phi) is 5.53. The molecular weight excluding hydrogens is 166 g/mol. The van der Waals surface area contributed by atoms with Crippen LogP contribution in [0.1, 0.15) is 19.8 Å². The van der Waals surface area contributed by atoms with Crippen molar-refractivity contribution in [1.29, 1.82) is 0 Å². The quantitative estimate of drug-likeness (QED) is 0.597. The van der Waals surface area contributed by atoms with Crippen LogP contribution < -0.4 is 0 Å². The molecule has 0 spiro atoms. The summed E-state index contributed by atoms with van der Waals surface area (Å²) in [4.78, 5) is 0. The normalized spacial score (nSPS) is 17.1. The Bertz CT molecular complexity index is 131. The van der Waals surface area contributed by atoms with Gasteiger partial charge in [0, 0.05) is 6.61 Å². The summed E-state index contributed by atoms with van der Waals surface area (Å²) in [7, 11) is 6.20. The Morgan fingerprint density at radius 3 is 2.08 bits per heavy atom. The fourth-order valence-corrected chi connectivity index (χ4v) is 1.29. The van der Waals surface area contributed by atoms with E-state index in [1.54, 1.807) is 0 Å². The second-order valence-electron chi connectivity index (χ2n) is 4.99. The van der Waals surface area contributed by atoms with Gasteiger partial charge in [-0.25, -0.2) is 0 Å². The molecule has 0 aliphatic carbocycles. The molecule has 0 heterocycles. The van der Waals surface area contributed by atoms with Crippen molar-refractivity contribution in [1.82, 2.24) is 0 Å². The van der Waals surface area contributed by atoms with E-state index in [0.717, 1.165) is 23.9 Å². The minimum absolute atomic E-state index is 0.219. The zero-order chi connectivity index (χ0) is 10.5. The molecule has 0 aromatic heterocycles. The third-order valence-corrected chi connectivity index (χ3v) is 2.06. The monoisotopic (exact) mass is 190 g/mol. The van der Waals surface area contributed by atoms with E-state index in [4.69, 9.17) is 5.11 Å². The van der Waals surface area contributed by atoms with E-state index >= 15 is 0 Å². The molecule has 0 aliphatic heterocycles. The highest BCUT2D eigenvalue weighted by atomic mass is 16.3. The predicted octanol–water partition coefficient (Wildman–Crippen LogP) is 0.462. The van der Waals surface area contributed by atoms with Crippen molar-refractivity contribution in [2.75, 3.05) is 34.3 Å². The number of aliphatic hydroxyl groups excluding tert-OH is 2. The first-order valence-electron chi connectivity index (χ1n) is 4.94. The second-order valence-corrected chi connectivity index (χ2v) is 4.99. The van der Waals surface area contributed by atoms with Crippen LogP contribution >= 0.6 is 0 Å². The Morgan fingerprint density at radius 1 is 1.15 bits per heavy atom. The molecule has 0 aliphatic rings. The molecule has 2 unspecified atom stereocenters.